The molecule has 0 aliphatic rings. The van der Waals surface area contributed by atoms with E-state index in [9.17, 15) is 4.79 Å². The van der Waals surface area contributed by atoms with Gasteiger partial charge in [-0.05, 0) is 25.5 Å². The van der Waals surface area contributed by atoms with Crippen molar-refractivity contribution in [2.45, 2.75) is 26.3 Å². The van der Waals surface area contributed by atoms with Crippen LogP contribution in [-0.2, 0) is 4.79 Å². The molecule has 0 radical (unpaired) electrons. The monoisotopic (exact) mass is 243 g/mol. The summed E-state index contributed by atoms with van der Waals surface area (Å²) in [6.45, 7) is 3.98. The average molecular weight is 243 g/mol. The van der Waals surface area contributed by atoms with E-state index in [1.165, 1.54) is 0 Å². The summed E-state index contributed by atoms with van der Waals surface area (Å²) in [6, 6.07) is 7.88. The van der Waals surface area contributed by atoms with E-state index in [2.05, 4.69) is 10.3 Å². The lowest BCUT2D eigenvalue weighted by molar-refractivity contribution is -0.116. The predicted molar refractivity (Wildman–Crippen MR) is 71.4 cm³/mol. The summed E-state index contributed by atoms with van der Waals surface area (Å²) in [6.07, 6.45) is 5.75. The van der Waals surface area contributed by atoms with Gasteiger partial charge in [0.05, 0.1) is 6.33 Å². The molecule has 1 aromatic carbocycles. The molecule has 1 heterocycles. The number of carbonyl (C=O) groups is 1. The Morgan fingerprint density at radius 2 is 2.22 bits per heavy atom. The number of hydrogen-bond acceptors (Lipinski definition) is 2. The second-order valence-corrected chi connectivity index (χ2v) is 4.43. The van der Waals surface area contributed by atoms with Gasteiger partial charge in [-0.2, -0.15) is 0 Å². The summed E-state index contributed by atoms with van der Waals surface area (Å²) >= 11 is 0. The number of amides is 1. The van der Waals surface area contributed by atoms with Gasteiger partial charge in [0.2, 0.25) is 5.91 Å². The van der Waals surface area contributed by atoms with Gasteiger partial charge in [0.15, 0.2) is 0 Å². The van der Waals surface area contributed by atoms with Gasteiger partial charge in [0, 0.05) is 30.5 Å². The van der Waals surface area contributed by atoms with Gasteiger partial charge in [0.1, 0.15) is 0 Å². The van der Waals surface area contributed by atoms with Gasteiger partial charge in [-0.15, -0.1) is 0 Å². The van der Waals surface area contributed by atoms with E-state index >= 15 is 0 Å². The average Bonchev–Trinajstić information content (AvgIpc) is 2.85. The highest BCUT2D eigenvalue weighted by Crippen LogP contribution is 2.16. The number of carbonyl (C=O) groups excluding carboxylic acids is 1. The summed E-state index contributed by atoms with van der Waals surface area (Å²) in [5, 5.41) is 2.93. The fraction of sp³-hybridized carbons (Fsp3) is 0.286. The van der Waals surface area contributed by atoms with Crippen LogP contribution in [0, 0.1) is 6.92 Å². The molecule has 18 heavy (non-hydrogen) atoms. The first-order chi connectivity index (χ1) is 8.66. The van der Waals surface area contributed by atoms with Gasteiger partial charge in [0.25, 0.3) is 0 Å². The quantitative estimate of drug-likeness (QED) is 0.897. The molecule has 0 unspecified atom stereocenters. The molecule has 94 valence electrons. The number of benzene rings is 1. The number of para-hydroxylation sites is 1. The van der Waals surface area contributed by atoms with Gasteiger partial charge in [-0.1, -0.05) is 18.2 Å². The van der Waals surface area contributed by atoms with E-state index in [1.54, 1.807) is 12.5 Å². The molecular weight excluding hydrogens is 226 g/mol. The number of nitrogens with zero attached hydrogens (tertiary/aromatic N) is 2. The predicted octanol–water partition coefficient (Wildman–Crippen LogP) is 2.78. The molecule has 0 saturated carbocycles. The van der Waals surface area contributed by atoms with Crippen LogP contribution in [0.15, 0.2) is 43.0 Å². The fourth-order valence-corrected chi connectivity index (χ4v) is 1.82. The highest BCUT2D eigenvalue weighted by atomic mass is 16.1. The molecule has 0 aliphatic heterocycles. The van der Waals surface area contributed by atoms with E-state index in [0.29, 0.717) is 6.42 Å². The molecule has 0 aliphatic carbocycles. The lowest BCUT2D eigenvalue weighted by atomic mass is 10.2. The smallest absolute Gasteiger partial charge is 0.226 e. The number of aromatic nitrogens is 2. The zero-order valence-corrected chi connectivity index (χ0v) is 10.6. The Balaban J connectivity index is 1.95. The van der Waals surface area contributed by atoms with Gasteiger partial charge >= 0.3 is 0 Å². The summed E-state index contributed by atoms with van der Waals surface area (Å²) < 4.78 is 1.93. The molecule has 0 fully saturated rings. The van der Waals surface area contributed by atoms with E-state index in [-0.39, 0.29) is 11.9 Å². The number of hydrogen-bond donors (Lipinski definition) is 1. The maximum absolute atomic E-state index is 11.9. The molecule has 0 bridgehead atoms. The number of nitrogens with one attached hydrogen (secondary N) is 1. The molecule has 1 N–H and O–H groups in total. The minimum atomic E-state index is 0.0190. The Morgan fingerprint density at radius 1 is 1.44 bits per heavy atom. The maximum atomic E-state index is 11.9. The highest BCUT2D eigenvalue weighted by molar-refractivity contribution is 5.91. The lowest BCUT2D eigenvalue weighted by Crippen LogP contribution is -2.17. The van der Waals surface area contributed by atoms with E-state index in [0.717, 1.165) is 11.3 Å². The van der Waals surface area contributed by atoms with Crippen molar-refractivity contribution in [1.82, 2.24) is 9.55 Å². The molecule has 1 atom stereocenters. The molecular formula is C14H17N3O. The van der Waals surface area contributed by atoms with Crippen molar-refractivity contribution >= 4 is 11.6 Å². The van der Waals surface area contributed by atoms with Crippen LogP contribution in [0.5, 0.6) is 0 Å². The topological polar surface area (TPSA) is 46.9 Å². The second kappa shape index (κ2) is 5.49. The van der Waals surface area contributed by atoms with Crippen molar-refractivity contribution in [3.05, 3.63) is 48.5 Å². The summed E-state index contributed by atoms with van der Waals surface area (Å²) in [5.41, 5.74) is 1.95. The van der Waals surface area contributed by atoms with E-state index in [4.69, 9.17) is 0 Å². The third kappa shape index (κ3) is 2.97. The molecule has 0 spiro atoms. The first kappa shape index (κ1) is 12.4. The maximum Gasteiger partial charge on any atom is 0.226 e. The first-order valence-electron chi connectivity index (χ1n) is 5.99. The third-order valence-electron chi connectivity index (χ3n) is 2.93. The number of anilines is 1. The standard InChI is InChI=1S/C14H17N3O/c1-11-5-3-4-6-13(11)16-14(18)9-12(2)17-8-7-15-10-17/h3-8,10,12H,9H2,1-2H3,(H,16,18)/t12-/m1/s1. The summed E-state index contributed by atoms with van der Waals surface area (Å²) in [7, 11) is 0. The first-order valence-corrected chi connectivity index (χ1v) is 5.99. The Hall–Kier alpha value is -2.10. The minimum Gasteiger partial charge on any atom is -0.334 e. The normalized spacial score (nSPS) is 12.1. The van der Waals surface area contributed by atoms with Gasteiger partial charge in [-0.3, -0.25) is 4.79 Å². The highest BCUT2D eigenvalue weighted by Gasteiger charge is 2.11. The van der Waals surface area contributed by atoms with E-state index < -0.39 is 0 Å². The van der Waals surface area contributed by atoms with Crippen LogP contribution in [0.4, 0.5) is 5.69 Å². The van der Waals surface area contributed by atoms with Crippen molar-refractivity contribution in [2.75, 3.05) is 5.32 Å². The number of rotatable bonds is 4. The largest absolute Gasteiger partial charge is 0.334 e. The molecule has 1 aromatic heterocycles. The van der Waals surface area contributed by atoms with Crippen molar-refractivity contribution < 1.29 is 4.79 Å². The van der Waals surface area contributed by atoms with Crippen LogP contribution in [0.3, 0.4) is 0 Å². The second-order valence-electron chi connectivity index (χ2n) is 4.43. The molecule has 2 rings (SSSR count). The van der Waals surface area contributed by atoms with Crippen LogP contribution < -0.4 is 5.32 Å². The molecule has 1 amide bonds. The Bertz CT molecular complexity index is 520. The van der Waals surface area contributed by atoms with Crippen LogP contribution in [0.1, 0.15) is 24.9 Å². The fourth-order valence-electron chi connectivity index (χ4n) is 1.82. The Kier molecular flexibility index (Phi) is 3.77. The lowest BCUT2D eigenvalue weighted by Gasteiger charge is -2.13. The Labute approximate surface area is 107 Å². The van der Waals surface area contributed by atoms with Crippen LogP contribution in [0.25, 0.3) is 0 Å². The minimum absolute atomic E-state index is 0.0190. The van der Waals surface area contributed by atoms with Gasteiger partial charge in [-0.25, -0.2) is 4.98 Å². The number of aryl methyl sites for hydroxylation is 1. The van der Waals surface area contributed by atoms with Crippen molar-refractivity contribution in [1.29, 1.82) is 0 Å². The molecule has 4 heteroatoms. The van der Waals surface area contributed by atoms with Crippen LogP contribution >= 0.6 is 0 Å². The molecule has 2 aromatic rings. The summed E-state index contributed by atoms with van der Waals surface area (Å²) in [4.78, 5) is 15.9. The zero-order chi connectivity index (χ0) is 13.0. The SMILES string of the molecule is Cc1ccccc1NC(=O)C[C@@H](C)n1ccnc1. The zero-order valence-electron chi connectivity index (χ0n) is 10.6. The van der Waals surface area contributed by atoms with Crippen LogP contribution in [-0.4, -0.2) is 15.5 Å². The number of imidazole rings is 1. The molecule has 4 nitrogen and oxygen atoms in total. The van der Waals surface area contributed by atoms with Crippen molar-refractivity contribution in [3.8, 4) is 0 Å². The van der Waals surface area contributed by atoms with Crippen LogP contribution in [0.2, 0.25) is 0 Å². The van der Waals surface area contributed by atoms with Crippen molar-refractivity contribution in [2.24, 2.45) is 0 Å². The van der Waals surface area contributed by atoms with E-state index in [1.807, 2.05) is 48.9 Å². The molecule has 0 saturated heterocycles. The van der Waals surface area contributed by atoms with Crippen molar-refractivity contribution in [3.63, 3.8) is 0 Å². The summed E-state index contributed by atoms with van der Waals surface area (Å²) in [5.74, 6) is 0.0190. The van der Waals surface area contributed by atoms with Gasteiger partial charge < -0.3 is 9.88 Å². The Morgan fingerprint density at radius 3 is 2.89 bits per heavy atom. The third-order valence-corrected chi connectivity index (χ3v) is 2.93.